The Kier molecular flexibility index (Phi) is 10.6. The van der Waals surface area contributed by atoms with Gasteiger partial charge in [0.25, 0.3) is 5.91 Å². The van der Waals surface area contributed by atoms with Crippen LogP contribution in [0.5, 0.6) is 11.5 Å². The molecule has 0 aliphatic carbocycles. The fourth-order valence-electron chi connectivity index (χ4n) is 4.53. The lowest BCUT2D eigenvalue weighted by Gasteiger charge is -2.32. The van der Waals surface area contributed by atoms with Crippen molar-refractivity contribution in [1.82, 2.24) is 14.9 Å². The van der Waals surface area contributed by atoms with Crippen molar-refractivity contribution in [3.63, 3.8) is 0 Å². The van der Waals surface area contributed by atoms with E-state index in [0.717, 1.165) is 22.6 Å². The number of carbonyl (C=O) groups is 2. The minimum atomic E-state index is -0.935. The summed E-state index contributed by atoms with van der Waals surface area (Å²) in [6, 6.07) is 23.2. The minimum Gasteiger partial charge on any atom is -0.497 e. The molecule has 0 fully saturated rings. The first-order valence-corrected chi connectivity index (χ1v) is 14.7. The third-order valence-electron chi connectivity index (χ3n) is 6.76. The van der Waals surface area contributed by atoms with Gasteiger partial charge in [-0.3, -0.25) is 9.59 Å². The van der Waals surface area contributed by atoms with Gasteiger partial charge >= 0.3 is 0 Å². The van der Waals surface area contributed by atoms with E-state index in [1.165, 1.54) is 11.8 Å². The highest BCUT2D eigenvalue weighted by Crippen LogP contribution is 2.29. The quantitative estimate of drug-likeness (QED) is 0.164. The number of anilines is 2. The van der Waals surface area contributed by atoms with Crippen LogP contribution in [0.4, 0.5) is 11.4 Å². The van der Waals surface area contributed by atoms with Crippen molar-refractivity contribution in [1.29, 1.82) is 0 Å². The lowest BCUT2D eigenvalue weighted by atomic mass is 10.0. The van der Waals surface area contributed by atoms with Gasteiger partial charge in [0, 0.05) is 43.4 Å². The van der Waals surface area contributed by atoms with Gasteiger partial charge < -0.3 is 24.6 Å². The first kappa shape index (κ1) is 31.4. The molecule has 0 saturated heterocycles. The van der Waals surface area contributed by atoms with E-state index in [2.05, 4.69) is 15.3 Å². The van der Waals surface area contributed by atoms with Crippen LogP contribution in [0.25, 0.3) is 0 Å². The van der Waals surface area contributed by atoms with Crippen molar-refractivity contribution >= 4 is 35.0 Å². The molecule has 0 spiro atoms. The summed E-state index contributed by atoms with van der Waals surface area (Å²) in [5.74, 6) is 0.837. The topological polar surface area (TPSA) is 96.9 Å². The van der Waals surface area contributed by atoms with Crippen molar-refractivity contribution in [2.75, 3.05) is 44.3 Å². The Hall–Kier alpha value is -4.57. The monoisotopic (exact) mass is 599 g/mol. The largest absolute Gasteiger partial charge is 0.497 e. The minimum absolute atomic E-state index is 0.0521. The second-order valence-electron chi connectivity index (χ2n) is 10.2. The van der Waals surface area contributed by atoms with Crippen LogP contribution in [0, 0.1) is 13.8 Å². The smallest absolute Gasteiger partial charge is 0.251 e. The highest BCUT2D eigenvalue weighted by atomic mass is 32.2. The summed E-state index contributed by atoms with van der Waals surface area (Å²) in [6.07, 6.45) is 0. The van der Waals surface area contributed by atoms with E-state index < -0.39 is 6.04 Å². The van der Waals surface area contributed by atoms with Gasteiger partial charge in [-0.05, 0) is 79.6 Å². The Bertz CT molecular complexity index is 1510. The third kappa shape index (κ3) is 8.48. The van der Waals surface area contributed by atoms with E-state index >= 15 is 0 Å². The van der Waals surface area contributed by atoms with Gasteiger partial charge in [-0.1, -0.05) is 36.0 Å². The molecule has 0 saturated carbocycles. The van der Waals surface area contributed by atoms with E-state index in [1.54, 1.807) is 31.3 Å². The molecule has 43 heavy (non-hydrogen) atoms. The maximum absolute atomic E-state index is 14.1. The second kappa shape index (κ2) is 14.6. The van der Waals surface area contributed by atoms with Crippen LogP contribution in [0.1, 0.15) is 28.6 Å². The summed E-state index contributed by atoms with van der Waals surface area (Å²) in [7, 11) is 7.10. The van der Waals surface area contributed by atoms with Gasteiger partial charge in [0.15, 0.2) is 5.16 Å². The van der Waals surface area contributed by atoms with E-state index in [0.29, 0.717) is 27.9 Å². The van der Waals surface area contributed by atoms with Gasteiger partial charge in [0.1, 0.15) is 17.5 Å². The average molecular weight is 600 g/mol. The molecule has 3 aromatic carbocycles. The zero-order valence-corrected chi connectivity index (χ0v) is 26.1. The summed E-state index contributed by atoms with van der Waals surface area (Å²) >= 11 is 1.25. The van der Waals surface area contributed by atoms with Crippen molar-refractivity contribution in [3.8, 4) is 11.5 Å². The van der Waals surface area contributed by atoms with Crippen molar-refractivity contribution < 1.29 is 19.1 Å². The zero-order chi connectivity index (χ0) is 30.9. The van der Waals surface area contributed by atoms with E-state index in [-0.39, 0.29) is 24.1 Å². The highest BCUT2D eigenvalue weighted by molar-refractivity contribution is 7.99. The molecule has 2 amide bonds. The summed E-state index contributed by atoms with van der Waals surface area (Å²) in [4.78, 5) is 40.7. The number of nitrogens with zero attached hydrogens (tertiary/aromatic N) is 4. The molecule has 1 heterocycles. The van der Waals surface area contributed by atoms with Gasteiger partial charge in [-0.15, -0.1) is 0 Å². The predicted octanol–water partition coefficient (Wildman–Crippen LogP) is 5.68. The molecular formula is C33H37N5O4S. The van der Waals surface area contributed by atoms with E-state index in [1.807, 2.05) is 99.6 Å². The van der Waals surface area contributed by atoms with Crippen LogP contribution in [0.15, 0.2) is 84.0 Å². The number of rotatable bonds is 12. The molecule has 10 heteroatoms. The van der Waals surface area contributed by atoms with Crippen LogP contribution in [-0.2, 0) is 16.1 Å². The number of aryl methyl sites for hydroxylation is 2. The standard InChI is InChI=1S/C33H37N5O4S/c1-22-19-23(2)35-33(34-22)43-21-30(39)38(20-24-7-15-28(41-5)16-8-24)31(25-9-17-29(42-6)18-10-25)32(40)36-26-11-13-27(14-12-26)37(3)4/h7-19,31H,20-21H2,1-6H3,(H,36,40)/t31-/m0/s1. The molecule has 1 N–H and O–H groups in total. The maximum Gasteiger partial charge on any atom is 0.251 e. The zero-order valence-electron chi connectivity index (χ0n) is 25.3. The molecule has 1 aromatic heterocycles. The average Bonchev–Trinajstić information content (AvgIpc) is 3.00. The maximum atomic E-state index is 14.1. The SMILES string of the molecule is COc1ccc(CN(C(=O)CSc2nc(C)cc(C)n2)[C@H](C(=O)Nc2ccc(N(C)C)cc2)c2ccc(OC)cc2)cc1. The van der Waals surface area contributed by atoms with Crippen LogP contribution in [-0.4, -0.2) is 60.8 Å². The third-order valence-corrected chi connectivity index (χ3v) is 7.59. The summed E-state index contributed by atoms with van der Waals surface area (Å²) in [5, 5.41) is 3.54. The molecule has 224 valence electrons. The predicted molar refractivity (Wildman–Crippen MR) is 171 cm³/mol. The fourth-order valence-corrected chi connectivity index (χ4v) is 5.37. The summed E-state index contributed by atoms with van der Waals surface area (Å²) in [5.41, 5.74) is 4.79. The van der Waals surface area contributed by atoms with E-state index in [9.17, 15) is 9.59 Å². The first-order chi connectivity index (χ1) is 20.7. The number of ether oxygens (including phenoxy) is 2. The van der Waals surface area contributed by atoms with Crippen molar-refractivity contribution in [3.05, 3.63) is 101 Å². The molecule has 1 atom stereocenters. The molecule has 0 bridgehead atoms. The summed E-state index contributed by atoms with van der Waals surface area (Å²) in [6.45, 7) is 3.98. The first-order valence-electron chi connectivity index (χ1n) is 13.8. The van der Waals surface area contributed by atoms with Gasteiger partial charge in [-0.2, -0.15) is 0 Å². The molecule has 4 rings (SSSR count). The number of benzene rings is 3. The number of aromatic nitrogens is 2. The molecular weight excluding hydrogens is 562 g/mol. The Morgan fingerprint density at radius 1 is 0.837 bits per heavy atom. The summed E-state index contributed by atoms with van der Waals surface area (Å²) < 4.78 is 10.7. The molecule has 0 unspecified atom stereocenters. The fraction of sp³-hybridized carbons (Fsp3) is 0.273. The van der Waals surface area contributed by atoms with Crippen molar-refractivity contribution in [2.24, 2.45) is 0 Å². The van der Waals surface area contributed by atoms with Crippen LogP contribution in [0.3, 0.4) is 0 Å². The molecule has 0 aliphatic heterocycles. The highest BCUT2D eigenvalue weighted by Gasteiger charge is 2.32. The normalized spacial score (nSPS) is 11.4. The Morgan fingerprint density at radius 2 is 1.40 bits per heavy atom. The van der Waals surface area contributed by atoms with Gasteiger partial charge in [0.05, 0.1) is 20.0 Å². The Morgan fingerprint density at radius 3 is 1.93 bits per heavy atom. The Balaban J connectivity index is 1.70. The van der Waals surface area contributed by atoms with Gasteiger partial charge in [0.2, 0.25) is 5.91 Å². The van der Waals surface area contributed by atoms with Crippen LogP contribution < -0.4 is 19.7 Å². The Labute approximate surface area is 257 Å². The molecule has 4 aromatic rings. The van der Waals surface area contributed by atoms with Crippen LogP contribution >= 0.6 is 11.8 Å². The number of hydrogen-bond acceptors (Lipinski definition) is 8. The number of methoxy groups -OCH3 is 2. The number of carbonyl (C=O) groups excluding carboxylic acids is 2. The molecule has 0 radical (unpaired) electrons. The molecule has 9 nitrogen and oxygen atoms in total. The number of hydrogen-bond donors (Lipinski definition) is 1. The lowest BCUT2D eigenvalue weighted by molar-refractivity contribution is -0.137. The van der Waals surface area contributed by atoms with Gasteiger partial charge in [-0.25, -0.2) is 9.97 Å². The number of thioether (sulfide) groups is 1. The lowest BCUT2D eigenvalue weighted by Crippen LogP contribution is -2.41. The second-order valence-corrected chi connectivity index (χ2v) is 11.1. The van der Waals surface area contributed by atoms with Crippen LogP contribution in [0.2, 0.25) is 0 Å². The number of nitrogens with one attached hydrogen (secondary N) is 1. The van der Waals surface area contributed by atoms with E-state index in [4.69, 9.17) is 9.47 Å². The number of amides is 2. The van der Waals surface area contributed by atoms with Crippen molar-refractivity contribution in [2.45, 2.75) is 31.6 Å². The molecule has 0 aliphatic rings.